The van der Waals surface area contributed by atoms with Gasteiger partial charge in [-0.3, -0.25) is 5.10 Å². The number of benzene rings is 1. The predicted molar refractivity (Wildman–Crippen MR) is 99.1 cm³/mol. The van der Waals surface area contributed by atoms with Gasteiger partial charge in [0.25, 0.3) is 0 Å². The van der Waals surface area contributed by atoms with Crippen LogP contribution in [0.2, 0.25) is 5.02 Å². The second-order valence-electron chi connectivity index (χ2n) is 5.43. The van der Waals surface area contributed by atoms with Crippen molar-refractivity contribution in [2.45, 2.75) is 0 Å². The first-order valence-electron chi connectivity index (χ1n) is 7.58. The molecule has 7 nitrogen and oxygen atoms in total. The van der Waals surface area contributed by atoms with Gasteiger partial charge in [0.15, 0.2) is 11.5 Å². The normalized spacial score (nSPS) is 11.4. The Morgan fingerprint density at radius 2 is 2.16 bits per heavy atom. The number of nitrogens with zero attached hydrogens (tertiary/aromatic N) is 5. The van der Waals surface area contributed by atoms with Crippen molar-refractivity contribution in [2.24, 2.45) is 12.0 Å². The van der Waals surface area contributed by atoms with E-state index in [2.05, 4.69) is 30.5 Å². The molecule has 0 aliphatic carbocycles. The quantitative estimate of drug-likeness (QED) is 0.547. The lowest BCUT2D eigenvalue weighted by atomic mass is 10.3. The highest BCUT2D eigenvalue weighted by Gasteiger charge is 2.12. The SMILES string of the molecule is Cn1cccc1C=Nc1n[nH]c2ncnc(Nc3cccc(Cl)c3)c12. The van der Waals surface area contributed by atoms with Gasteiger partial charge in [-0.2, -0.15) is 5.10 Å². The summed E-state index contributed by atoms with van der Waals surface area (Å²) in [5, 5.41) is 11.7. The van der Waals surface area contributed by atoms with E-state index in [-0.39, 0.29) is 0 Å². The highest BCUT2D eigenvalue weighted by molar-refractivity contribution is 6.30. The van der Waals surface area contributed by atoms with Gasteiger partial charge in [0, 0.05) is 24.0 Å². The molecule has 0 saturated carbocycles. The molecule has 4 aromatic rings. The smallest absolute Gasteiger partial charge is 0.187 e. The molecule has 0 saturated heterocycles. The maximum absolute atomic E-state index is 6.04. The van der Waals surface area contributed by atoms with Crippen molar-refractivity contribution in [1.29, 1.82) is 0 Å². The van der Waals surface area contributed by atoms with Crippen molar-refractivity contribution < 1.29 is 0 Å². The lowest BCUT2D eigenvalue weighted by Gasteiger charge is -2.06. The summed E-state index contributed by atoms with van der Waals surface area (Å²) in [5.74, 6) is 1.13. The van der Waals surface area contributed by atoms with E-state index < -0.39 is 0 Å². The summed E-state index contributed by atoms with van der Waals surface area (Å²) in [6.07, 6.45) is 5.18. The van der Waals surface area contributed by atoms with E-state index >= 15 is 0 Å². The average Bonchev–Trinajstić information content (AvgIpc) is 3.20. The predicted octanol–water partition coefficient (Wildman–Crippen LogP) is 3.84. The van der Waals surface area contributed by atoms with Gasteiger partial charge >= 0.3 is 0 Å². The highest BCUT2D eigenvalue weighted by atomic mass is 35.5. The molecule has 124 valence electrons. The van der Waals surface area contributed by atoms with Gasteiger partial charge in [-0.1, -0.05) is 17.7 Å². The fraction of sp³-hybridized carbons (Fsp3) is 0.0588. The van der Waals surface area contributed by atoms with Crippen LogP contribution >= 0.6 is 11.6 Å². The van der Waals surface area contributed by atoms with Gasteiger partial charge in [0.05, 0.1) is 11.9 Å². The molecule has 3 heterocycles. The second kappa shape index (κ2) is 6.37. The summed E-state index contributed by atoms with van der Waals surface area (Å²) in [5.41, 5.74) is 2.40. The minimum absolute atomic E-state index is 0.515. The van der Waals surface area contributed by atoms with Crippen LogP contribution in [0, 0.1) is 0 Å². The molecule has 2 N–H and O–H groups in total. The summed E-state index contributed by atoms with van der Waals surface area (Å²) in [6, 6.07) is 11.3. The number of hydrogen-bond acceptors (Lipinski definition) is 5. The molecule has 0 aliphatic heterocycles. The Kier molecular flexibility index (Phi) is 3.91. The number of fused-ring (bicyclic) bond motifs is 1. The van der Waals surface area contributed by atoms with Crippen molar-refractivity contribution in [3.8, 4) is 0 Å². The van der Waals surface area contributed by atoms with Crippen molar-refractivity contribution in [1.82, 2.24) is 24.7 Å². The van der Waals surface area contributed by atoms with Crippen molar-refractivity contribution in [3.05, 3.63) is 59.6 Å². The summed E-state index contributed by atoms with van der Waals surface area (Å²) in [4.78, 5) is 13.0. The molecule has 0 amide bonds. The lowest BCUT2D eigenvalue weighted by Crippen LogP contribution is -1.95. The Bertz CT molecular complexity index is 1060. The van der Waals surface area contributed by atoms with Gasteiger partial charge in [-0.15, -0.1) is 0 Å². The molecule has 1 aromatic carbocycles. The third kappa shape index (κ3) is 3.09. The Balaban J connectivity index is 1.74. The van der Waals surface area contributed by atoms with E-state index in [1.165, 1.54) is 6.33 Å². The lowest BCUT2D eigenvalue weighted by molar-refractivity contribution is 0.918. The van der Waals surface area contributed by atoms with E-state index in [9.17, 15) is 0 Å². The van der Waals surface area contributed by atoms with Crippen LogP contribution in [-0.4, -0.2) is 30.9 Å². The Labute approximate surface area is 148 Å². The van der Waals surface area contributed by atoms with Crippen molar-refractivity contribution >= 4 is 46.2 Å². The van der Waals surface area contributed by atoms with Gasteiger partial charge in [-0.05, 0) is 30.3 Å². The summed E-state index contributed by atoms with van der Waals surface area (Å²) < 4.78 is 1.97. The number of anilines is 2. The zero-order chi connectivity index (χ0) is 17.2. The average molecular weight is 352 g/mol. The number of rotatable bonds is 4. The number of aromatic amines is 1. The molecule has 0 spiro atoms. The van der Waals surface area contributed by atoms with E-state index in [1.54, 1.807) is 6.21 Å². The zero-order valence-corrected chi connectivity index (χ0v) is 14.1. The van der Waals surface area contributed by atoms with Crippen LogP contribution in [-0.2, 0) is 7.05 Å². The molecular weight excluding hydrogens is 338 g/mol. The van der Waals surface area contributed by atoms with Gasteiger partial charge in [0.1, 0.15) is 17.5 Å². The molecule has 0 bridgehead atoms. The molecule has 0 aliphatic rings. The first-order chi connectivity index (χ1) is 12.2. The van der Waals surface area contributed by atoms with Gasteiger partial charge in [0.2, 0.25) is 0 Å². The molecule has 8 heteroatoms. The first kappa shape index (κ1) is 15.3. The standard InChI is InChI=1S/C17H14ClN7/c1-25-7-3-6-13(25)9-19-16-14-15(20-10-21-17(14)24-23-16)22-12-5-2-4-11(18)8-12/h2-10H,1H3,(H2,20,21,22,23,24). The van der Waals surface area contributed by atoms with E-state index in [4.69, 9.17) is 11.6 Å². The van der Waals surface area contributed by atoms with E-state index in [0.717, 1.165) is 11.4 Å². The number of aromatic nitrogens is 5. The van der Waals surface area contributed by atoms with Crippen LogP contribution in [0.25, 0.3) is 11.0 Å². The van der Waals surface area contributed by atoms with Crippen LogP contribution in [0.4, 0.5) is 17.3 Å². The second-order valence-corrected chi connectivity index (χ2v) is 5.87. The van der Waals surface area contributed by atoms with Gasteiger partial charge < -0.3 is 9.88 Å². The third-order valence-corrected chi connectivity index (χ3v) is 3.96. The third-order valence-electron chi connectivity index (χ3n) is 3.73. The molecule has 25 heavy (non-hydrogen) atoms. The molecule has 3 aromatic heterocycles. The molecular formula is C17H14ClN7. The van der Waals surface area contributed by atoms with Crippen LogP contribution in [0.3, 0.4) is 0 Å². The minimum atomic E-state index is 0.515. The molecule has 0 fully saturated rings. The molecule has 0 radical (unpaired) electrons. The monoisotopic (exact) mass is 351 g/mol. The number of hydrogen-bond donors (Lipinski definition) is 2. The van der Waals surface area contributed by atoms with Crippen LogP contribution in [0.15, 0.2) is 53.9 Å². The molecule has 0 unspecified atom stereocenters. The minimum Gasteiger partial charge on any atom is -0.350 e. The molecule has 4 rings (SSSR count). The largest absolute Gasteiger partial charge is 0.350 e. The summed E-state index contributed by atoms with van der Waals surface area (Å²) in [7, 11) is 1.96. The van der Waals surface area contributed by atoms with Crippen molar-refractivity contribution in [3.63, 3.8) is 0 Å². The van der Waals surface area contributed by atoms with Crippen LogP contribution < -0.4 is 5.32 Å². The zero-order valence-electron chi connectivity index (χ0n) is 13.3. The maximum Gasteiger partial charge on any atom is 0.187 e. The fourth-order valence-corrected chi connectivity index (χ4v) is 2.66. The number of aryl methyl sites for hydroxylation is 1. The van der Waals surface area contributed by atoms with Crippen LogP contribution in [0.1, 0.15) is 5.69 Å². The Morgan fingerprint density at radius 3 is 2.96 bits per heavy atom. The summed E-state index contributed by atoms with van der Waals surface area (Å²) in [6.45, 7) is 0. The number of nitrogens with one attached hydrogen (secondary N) is 2. The maximum atomic E-state index is 6.04. The Morgan fingerprint density at radius 1 is 1.24 bits per heavy atom. The Hall–Kier alpha value is -3.19. The van der Waals surface area contributed by atoms with Crippen LogP contribution in [0.5, 0.6) is 0 Å². The first-order valence-corrected chi connectivity index (χ1v) is 7.95. The van der Waals surface area contributed by atoms with Gasteiger partial charge in [-0.25, -0.2) is 15.0 Å². The number of halogens is 1. The fourth-order valence-electron chi connectivity index (χ4n) is 2.47. The summed E-state index contributed by atoms with van der Waals surface area (Å²) >= 11 is 6.04. The van der Waals surface area contributed by atoms with Crippen molar-refractivity contribution in [2.75, 3.05) is 5.32 Å². The number of H-pyrrole nitrogens is 1. The van der Waals surface area contributed by atoms with E-state index in [1.807, 2.05) is 54.2 Å². The van der Waals surface area contributed by atoms with E-state index in [0.29, 0.717) is 27.7 Å². The highest BCUT2D eigenvalue weighted by Crippen LogP contribution is 2.30. The molecule has 0 atom stereocenters. The number of aliphatic imine (C=N–C) groups is 1. The topological polar surface area (TPSA) is 83.8 Å².